The van der Waals surface area contributed by atoms with Gasteiger partial charge in [-0.05, 0) is 68.6 Å². The van der Waals surface area contributed by atoms with Crippen LogP contribution in [-0.2, 0) is 19.1 Å². The molecule has 1 N–H and O–H groups in total. The number of unbranched alkanes of at least 4 members (excludes halogenated alkanes) is 12. The van der Waals surface area contributed by atoms with Gasteiger partial charge >= 0.3 is 11.9 Å². The fourth-order valence-corrected chi connectivity index (χ4v) is 8.24. The number of carbonyl (C=O) groups is 2. The Kier molecular flexibility index (Phi) is 20.0. The number of fused-ring (bicyclic) bond motifs is 2. The minimum Gasteiger partial charge on any atom is -0.466 e. The molecule has 4 unspecified atom stereocenters. The van der Waals surface area contributed by atoms with Gasteiger partial charge in [0.25, 0.3) is 0 Å². The molecule has 264 valence electrons. The van der Waals surface area contributed by atoms with E-state index >= 15 is 0 Å². The van der Waals surface area contributed by atoms with Crippen LogP contribution in [0.2, 0.25) is 0 Å². The number of carbonyl (C=O) groups excluding carboxylic acids is 2. The Labute approximate surface area is 278 Å². The highest BCUT2D eigenvalue weighted by Crippen LogP contribution is 2.66. The minimum atomic E-state index is -0.199. The fraction of sp³-hybridized carbons (Fsp3) is 0.950. The normalized spacial score (nSPS) is 22.6. The van der Waals surface area contributed by atoms with Gasteiger partial charge in [-0.25, -0.2) is 0 Å². The first-order valence-electron chi connectivity index (χ1n) is 19.7. The third-order valence-electron chi connectivity index (χ3n) is 12.0. The minimum absolute atomic E-state index is 0.00499. The lowest BCUT2D eigenvalue weighted by atomic mass is 9.70. The Bertz CT molecular complexity index is 784. The average Bonchev–Trinajstić information content (AvgIpc) is 3.33. The van der Waals surface area contributed by atoms with Gasteiger partial charge in [-0.15, -0.1) is 0 Å². The van der Waals surface area contributed by atoms with Gasteiger partial charge in [-0.3, -0.25) is 9.59 Å². The van der Waals surface area contributed by atoms with Crippen LogP contribution in [0.4, 0.5) is 0 Å². The molecule has 2 fully saturated rings. The zero-order valence-electron chi connectivity index (χ0n) is 30.5. The first kappa shape index (κ1) is 40.1. The van der Waals surface area contributed by atoms with Gasteiger partial charge in [0.05, 0.1) is 12.7 Å². The lowest BCUT2D eigenvalue weighted by Crippen LogP contribution is -2.38. The fourth-order valence-electron chi connectivity index (χ4n) is 8.24. The number of hydrogen-bond donors (Lipinski definition) is 1. The zero-order chi connectivity index (χ0) is 33.0. The van der Waals surface area contributed by atoms with Crippen LogP contribution in [0.3, 0.4) is 0 Å². The summed E-state index contributed by atoms with van der Waals surface area (Å²) in [6.45, 7) is 12.1. The third-order valence-corrected chi connectivity index (χ3v) is 12.0. The quantitative estimate of drug-likeness (QED) is 0.0684. The predicted molar refractivity (Wildman–Crippen MR) is 187 cm³/mol. The van der Waals surface area contributed by atoms with Crippen LogP contribution in [0.25, 0.3) is 0 Å². The second kappa shape index (κ2) is 22.5. The zero-order valence-corrected chi connectivity index (χ0v) is 30.5. The molecule has 5 nitrogen and oxygen atoms in total. The largest absolute Gasteiger partial charge is 0.466 e. The number of ether oxygens (including phenoxy) is 2. The monoisotopic (exact) mass is 635 g/mol. The maximum absolute atomic E-state index is 12.5. The Morgan fingerprint density at radius 2 is 1.20 bits per heavy atom. The van der Waals surface area contributed by atoms with Crippen LogP contribution in [-0.4, -0.2) is 35.9 Å². The van der Waals surface area contributed by atoms with Crippen molar-refractivity contribution >= 4 is 11.9 Å². The van der Waals surface area contributed by atoms with Gasteiger partial charge in [-0.1, -0.05) is 137 Å². The molecule has 2 bridgehead atoms. The first-order chi connectivity index (χ1) is 21.6. The summed E-state index contributed by atoms with van der Waals surface area (Å²) >= 11 is 0. The number of rotatable bonds is 28. The van der Waals surface area contributed by atoms with Gasteiger partial charge in [0, 0.05) is 18.3 Å². The number of aliphatic hydroxyl groups excluding tert-OH is 1. The standard InChI is InChI=1S/C40H74O5/c1-6-8-16-22-33(23-17-9-7-2)29-31-44-37(42)26-20-14-10-12-18-24-35(41)25-19-13-11-15-21-27-38(43)45-36-32-34-28-30-40(36,5)39(34,3)4/h33-36,41H,6-32H2,1-5H3. The van der Waals surface area contributed by atoms with Gasteiger partial charge in [-0.2, -0.15) is 0 Å². The second-order valence-corrected chi connectivity index (χ2v) is 15.7. The van der Waals surface area contributed by atoms with Gasteiger partial charge in [0.2, 0.25) is 0 Å². The van der Waals surface area contributed by atoms with Crippen molar-refractivity contribution in [3.63, 3.8) is 0 Å². The van der Waals surface area contributed by atoms with Crippen LogP contribution in [0, 0.1) is 22.7 Å². The lowest BCUT2D eigenvalue weighted by molar-refractivity contribution is -0.157. The molecule has 0 spiro atoms. The molecule has 0 aromatic carbocycles. The molecule has 0 radical (unpaired) electrons. The number of aliphatic hydroxyl groups is 1. The van der Waals surface area contributed by atoms with E-state index in [2.05, 4.69) is 34.6 Å². The second-order valence-electron chi connectivity index (χ2n) is 15.7. The van der Waals surface area contributed by atoms with Gasteiger partial charge in [0.1, 0.15) is 6.10 Å². The van der Waals surface area contributed by atoms with E-state index in [0.29, 0.717) is 31.3 Å². The molecule has 45 heavy (non-hydrogen) atoms. The van der Waals surface area contributed by atoms with Crippen LogP contribution in [0.15, 0.2) is 0 Å². The molecule has 2 rings (SSSR count). The Morgan fingerprint density at radius 3 is 1.71 bits per heavy atom. The summed E-state index contributed by atoms with van der Waals surface area (Å²) in [4.78, 5) is 24.6. The predicted octanol–water partition coefficient (Wildman–Crippen LogP) is 11.3. The van der Waals surface area contributed by atoms with Crippen molar-refractivity contribution in [2.75, 3.05) is 6.61 Å². The van der Waals surface area contributed by atoms with Crippen LogP contribution in [0.5, 0.6) is 0 Å². The van der Waals surface area contributed by atoms with Crippen molar-refractivity contribution in [2.45, 2.75) is 214 Å². The summed E-state index contributed by atoms with van der Waals surface area (Å²) in [6, 6.07) is 0. The van der Waals surface area contributed by atoms with Crippen molar-refractivity contribution in [3.8, 4) is 0 Å². The van der Waals surface area contributed by atoms with E-state index in [1.165, 1.54) is 64.2 Å². The Morgan fingerprint density at radius 1 is 0.689 bits per heavy atom. The number of esters is 2. The van der Waals surface area contributed by atoms with E-state index in [4.69, 9.17) is 9.47 Å². The molecule has 0 amide bonds. The Hall–Kier alpha value is -1.10. The van der Waals surface area contributed by atoms with Crippen molar-refractivity contribution in [2.24, 2.45) is 22.7 Å². The highest BCUT2D eigenvalue weighted by atomic mass is 16.5. The topological polar surface area (TPSA) is 72.8 Å². The molecule has 4 atom stereocenters. The van der Waals surface area contributed by atoms with Gasteiger partial charge in [0.15, 0.2) is 0 Å². The smallest absolute Gasteiger partial charge is 0.306 e. The third kappa shape index (κ3) is 14.7. The Balaban J connectivity index is 1.37. The van der Waals surface area contributed by atoms with Crippen molar-refractivity contribution in [1.29, 1.82) is 0 Å². The molecule has 0 aromatic heterocycles. The number of hydrogen-bond acceptors (Lipinski definition) is 5. The first-order valence-corrected chi connectivity index (χ1v) is 19.7. The highest BCUT2D eigenvalue weighted by Gasteiger charge is 2.62. The van der Waals surface area contributed by atoms with Crippen molar-refractivity contribution < 1.29 is 24.2 Å². The van der Waals surface area contributed by atoms with E-state index in [1.807, 2.05) is 0 Å². The average molecular weight is 635 g/mol. The molecule has 2 saturated carbocycles. The molecule has 2 aliphatic rings. The highest BCUT2D eigenvalue weighted by molar-refractivity contribution is 5.69. The van der Waals surface area contributed by atoms with E-state index in [0.717, 1.165) is 89.9 Å². The van der Waals surface area contributed by atoms with E-state index in [1.54, 1.807) is 0 Å². The van der Waals surface area contributed by atoms with Crippen LogP contribution in [0.1, 0.15) is 202 Å². The summed E-state index contributed by atoms with van der Waals surface area (Å²) in [5.74, 6) is 1.38. The van der Waals surface area contributed by atoms with Crippen molar-refractivity contribution in [3.05, 3.63) is 0 Å². The molecule has 0 saturated heterocycles. The molecular formula is C40H74O5. The maximum atomic E-state index is 12.5. The summed E-state index contributed by atoms with van der Waals surface area (Å²) in [6.07, 6.45) is 28.2. The molecular weight excluding hydrogens is 560 g/mol. The molecule has 0 aromatic rings. The van der Waals surface area contributed by atoms with Gasteiger partial charge < -0.3 is 14.6 Å². The van der Waals surface area contributed by atoms with E-state index in [-0.39, 0.29) is 35.0 Å². The van der Waals surface area contributed by atoms with Crippen molar-refractivity contribution in [1.82, 2.24) is 0 Å². The van der Waals surface area contributed by atoms with Crippen LogP contribution < -0.4 is 0 Å². The summed E-state index contributed by atoms with van der Waals surface area (Å²) in [5, 5.41) is 10.4. The SMILES string of the molecule is CCCCCC(CCCCC)CCOC(=O)CCCCCCCC(O)CCCCCCCC(=O)OC1CC2CCC1(C)C2(C)C. The molecule has 0 heterocycles. The van der Waals surface area contributed by atoms with Crippen LogP contribution >= 0.6 is 0 Å². The van der Waals surface area contributed by atoms with E-state index < -0.39 is 0 Å². The van der Waals surface area contributed by atoms with E-state index in [9.17, 15) is 14.7 Å². The molecule has 2 aliphatic carbocycles. The maximum Gasteiger partial charge on any atom is 0.306 e. The molecule has 5 heteroatoms. The lowest BCUT2D eigenvalue weighted by Gasteiger charge is -2.38. The summed E-state index contributed by atoms with van der Waals surface area (Å²) in [7, 11) is 0. The summed E-state index contributed by atoms with van der Waals surface area (Å²) in [5.41, 5.74) is 0.429. The summed E-state index contributed by atoms with van der Waals surface area (Å²) < 4.78 is 11.5. The molecule has 0 aliphatic heterocycles.